The number of hydrogen-bond donors (Lipinski definition) is 1. The average molecular weight is 241 g/mol. The van der Waals surface area contributed by atoms with E-state index in [9.17, 15) is 0 Å². The van der Waals surface area contributed by atoms with Crippen LogP contribution in [0.15, 0.2) is 16.8 Å². The summed E-state index contributed by atoms with van der Waals surface area (Å²) >= 11 is 1.74. The maximum absolute atomic E-state index is 5.52. The van der Waals surface area contributed by atoms with Crippen molar-refractivity contribution in [2.75, 3.05) is 13.7 Å². The Hall–Kier alpha value is -0.380. The van der Waals surface area contributed by atoms with E-state index in [1.54, 1.807) is 18.4 Å². The molecule has 16 heavy (non-hydrogen) atoms. The fraction of sp³-hybridized carbons (Fsp3) is 0.692. The minimum Gasteiger partial charge on any atom is -0.380 e. The topological polar surface area (TPSA) is 21.3 Å². The molecule has 0 aromatic carbocycles. The second-order valence-electron chi connectivity index (χ2n) is 5.28. The highest BCUT2D eigenvalue weighted by Gasteiger charge is 2.24. The maximum atomic E-state index is 5.52. The van der Waals surface area contributed by atoms with Crippen LogP contribution in [0.1, 0.15) is 39.3 Å². The van der Waals surface area contributed by atoms with E-state index in [4.69, 9.17) is 4.74 Å². The van der Waals surface area contributed by atoms with E-state index >= 15 is 0 Å². The molecule has 0 aliphatic carbocycles. The highest BCUT2D eigenvalue weighted by Crippen LogP contribution is 2.22. The number of rotatable bonds is 5. The van der Waals surface area contributed by atoms with Crippen molar-refractivity contribution in [3.63, 3.8) is 0 Å². The van der Waals surface area contributed by atoms with Gasteiger partial charge in [0.1, 0.15) is 0 Å². The highest BCUT2D eigenvalue weighted by molar-refractivity contribution is 7.07. The molecular weight excluding hydrogens is 218 g/mol. The first-order valence-electron chi connectivity index (χ1n) is 5.73. The molecule has 0 aliphatic rings. The van der Waals surface area contributed by atoms with Gasteiger partial charge in [-0.15, -0.1) is 0 Å². The SMILES string of the molecule is COC(CNC(C)c1ccsc1)C(C)(C)C. The second-order valence-corrected chi connectivity index (χ2v) is 6.06. The number of nitrogens with one attached hydrogen (secondary N) is 1. The minimum absolute atomic E-state index is 0.177. The van der Waals surface area contributed by atoms with E-state index < -0.39 is 0 Å². The molecule has 0 fully saturated rings. The summed E-state index contributed by atoms with van der Waals surface area (Å²) in [6.45, 7) is 9.70. The average Bonchev–Trinajstić information content (AvgIpc) is 2.68. The Kier molecular flexibility index (Phi) is 4.96. The fourth-order valence-electron chi connectivity index (χ4n) is 1.67. The first kappa shape index (κ1) is 13.7. The van der Waals surface area contributed by atoms with E-state index in [2.05, 4.69) is 49.8 Å². The summed E-state index contributed by atoms with van der Waals surface area (Å²) in [5.41, 5.74) is 1.53. The van der Waals surface area contributed by atoms with Crippen LogP contribution in [0.4, 0.5) is 0 Å². The van der Waals surface area contributed by atoms with Gasteiger partial charge in [0, 0.05) is 19.7 Å². The normalized spacial score (nSPS) is 16.1. The first-order chi connectivity index (χ1) is 7.45. The molecule has 1 rings (SSSR count). The third-order valence-electron chi connectivity index (χ3n) is 2.90. The Bertz CT molecular complexity index is 289. The van der Waals surface area contributed by atoms with Gasteiger partial charge in [-0.3, -0.25) is 0 Å². The van der Waals surface area contributed by atoms with Crippen molar-refractivity contribution in [2.24, 2.45) is 5.41 Å². The van der Waals surface area contributed by atoms with E-state index in [-0.39, 0.29) is 11.5 Å². The molecule has 2 atom stereocenters. The van der Waals surface area contributed by atoms with Gasteiger partial charge in [-0.05, 0) is 34.7 Å². The number of methoxy groups -OCH3 is 1. The summed E-state index contributed by atoms with van der Waals surface area (Å²) < 4.78 is 5.52. The van der Waals surface area contributed by atoms with E-state index in [1.165, 1.54) is 5.56 Å². The van der Waals surface area contributed by atoms with Crippen molar-refractivity contribution in [1.82, 2.24) is 5.32 Å². The molecule has 1 N–H and O–H groups in total. The molecule has 0 radical (unpaired) electrons. The molecule has 0 amide bonds. The quantitative estimate of drug-likeness (QED) is 0.852. The molecule has 0 saturated heterocycles. The highest BCUT2D eigenvalue weighted by atomic mass is 32.1. The Labute approximate surface area is 103 Å². The van der Waals surface area contributed by atoms with E-state index in [0.29, 0.717) is 6.04 Å². The monoisotopic (exact) mass is 241 g/mol. The Morgan fingerprint density at radius 3 is 2.56 bits per heavy atom. The van der Waals surface area contributed by atoms with Crippen molar-refractivity contribution >= 4 is 11.3 Å². The van der Waals surface area contributed by atoms with Crippen molar-refractivity contribution < 1.29 is 4.74 Å². The molecule has 2 nitrogen and oxygen atoms in total. The van der Waals surface area contributed by atoms with Crippen LogP contribution >= 0.6 is 11.3 Å². The summed E-state index contributed by atoms with van der Waals surface area (Å²) in [5.74, 6) is 0. The van der Waals surface area contributed by atoms with Gasteiger partial charge in [0.25, 0.3) is 0 Å². The zero-order valence-electron chi connectivity index (χ0n) is 10.9. The number of thiophene rings is 1. The predicted octanol–water partition coefficient (Wildman–Crippen LogP) is 3.46. The van der Waals surface area contributed by atoms with Crippen LogP contribution in [0.5, 0.6) is 0 Å². The fourth-order valence-corrected chi connectivity index (χ4v) is 2.42. The van der Waals surface area contributed by atoms with Crippen molar-refractivity contribution in [3.05, 3.63) is 22.4 Å². The van der Waals surface area contributed by atoms with Crippen LogP contribution in [-0.2, 0) is 4.74 Å². The summed E-state index contributed by atoms with van der Waals surface area (Å²) in [4.78, 5) is 0. The first-order valence-corrected chi connectivity index (χ1v) is 6.67. The third kappa shape index (κ3) is 3.89. The van der Waals surface area contributed by atoms with Gasteiger partial charge >= 0.3 is 0 Å². The van der Waals surface area contributed by atoms with Crippen molar-refractivity contribution in [3.8, 4) is 0 Å². The lowest BCUT2D eigenvalue weighted by molar-refractivity contribution is 0.0160. The lowest BCUT2D eigenvalue weighted by atomic mass is 9.89. The number of hydrogen-bond acceptors (Lipinski definition) is 3. The van der Waals surface area contributed by atoms with Crippen LogP contribution in [0.25, 0.3) is 0 Å². The molecule has 1 aromatic heterocycles. The number of ether oxygens (including phenoxy) is 1. The van der Waals surface area contributed by atoms with Crippen LogP contribution < -0.4 is 5.32 Å². The van der Waals surface area contributed by atoms with Crippen LogP contribution in [-0.4, -0.2) is 19.8 Å². The lowest BCUT2D eigenvalue weighted by Gasteiger charge is -2.30. The molecule has 92 valence electrons. The molecule has 3 heteroatoms. The smallest absolute Gasteiger partial charge is 0.0744 e. The predicted molar refractivity (Wildman–Crippen MR) is 71.0 cm³/mol. The minimum atomic E-state index is 0.177. The molecule has 0 saturated carbocycles. The zero-order valence-corrected chi connectivity index (χ0v) is 11.7. The Balaban J connectivity index is 2.44. The molecule has 0 aliphatic heterocycles. The van der Waals surface area contributed by atoms with E-state index in [1.807, 2.05) is 0 Å². The van der Waals surface area contributed by atoms with Gasteiger partial charge in [-0.2, -0.15) is 11.3 Å². The standard InChI is InChI=1S/C13H23NOS/c1-10(11-6-7-16-9-11)14-8-12(15-5)13(2,3)4/h6-7,9-10,12,14H,8H2,1-5H3. The van der Waals surface area contributed by atoms with E-state index in [0.717, 1.165) is 6.54 Å². The van der Waals surface area contributed by atoms with Crippen LogP contribution in [0.2, 0.25) is 0 Å². The Morgan fingerprint density at radius 1 is 1.44 bits per heavy atom. The molecular formula is C13H23NOS. The molecule has 0 spiro atoms. The van der Waals surface area contributed by atoms with Gasteiger partial charge < -0.3 is 10.1 Å². The summed E-state index contributed by atoms with van der Waals surface area (Å²) in [7, 11) is 1.78. The Morgan fingerprint density at radius 2 is 2.12 bits per heavy atom. The summed E-state index contributed by atoms with van der Waals surface area (Å²) in [6, 6.07) is 2.56. The van der Waals surface area contributed by atoms with Gasteiger partial charge in [-0.25, -0.2) is 0 Å². The molecule has 2 unspecified atom stereocenters. The van der Waals surface area contributed by atoms with Gasteiger partial charge in [0.05, 0.1) is 6.10 Å². The van der Waals surface area contributed by atoms with Crippen LogP contribution in [0, 0.1) is 5.41 Å². The van der Waals surface area contributed by atoms with Gasteiger partial charge in [0.15, 0.2) is 0 Å². The summed E-state index contributed by atoms with van der Waals surface area (Å²) in [5, 5.41) is 7.83. The third-order valence-corrected chi connectivity index (χ3v) is 3.60. The van der Waals surface area contributed by atoms with Gasteiger partial charge in [-0.1, -0.05) is 20.8 Å². The largest absolute Gasteiger partial charge is 0.380 e. The molecule has 0 bridgehead atoms. The van der Waals surface area contributed by atoms with Crippen molar-refractivity contribution in [2.45, 2.75) is 39.8 Å². The van der Waals surface area contributed by atoms with Gasteiger partial charge in [0.2, 0.25) is 0 Å². The second kappa shape index (κ2) is 5.80. The lowest BCUT2D eigenvalue weighted by Crippen LogP contribution is -2.39. The molecule has 1 heterocycles. The van der Waals surface area contributed by atoms with Crippen molar-refractivity contribution in [1.29, 1.82) is 0 Å². The zero-order chi connectivity index (χ0) is 12.2. The summed E-state index contributed by atoms with van der Waals surface area (Å²) in [6.07, 6.45) is 0.244. The van der Waals surface area contributed by atoms with Crippen LogP contribution in [0.3, 0.4) is 0 Å². The maximum Gasteiger partial charge on any atom is 0.0744 e. The molecule has 1 aromatic rings.